The molecule has 122 valence electrons. The van der Waals surface area contributed by atoms with Gasteiger partial charge in [-0.1, -0.05) is 81.5 Å². The van der Waals surface area contributed by atoms with Crippen molar-refractivity contribution in [3.63, 3.8) is 0 Å². The SMILES string of the molecule is CC.CC.CC(C(=O)c1ccccc1)[n+]1csc2ccccc21. The molecule has 1 heterocycles. The first-order chi connectivity index (χ1) is 11.3. The van der Waals surface area contributed by atoms with E-state index in [9.17, 15) is 4.79 Å². The van der Waals surface area contributed by atoms with Gasteiger partial charge in [0.25, 0.3) is 0 Å². The number of ketones is 1. The minimum absolute atomic E-state index is 0.147. The van der Waals surface area contributed by atoms with Crippen molar-refractivity contribution in [3.05, 3.63) is 65.7 Å². The number of aromatic nitrogens is 1. The molecule has 0 saturated heterocycles. The van der Waals surface area contributed by atoms with E-state index in [-0.39, 0.29) is 11.8 Å². The maximum atomic E-state index is 12.5. The zero-order valence-corrected chi connectivity index (χ0v) is 15.4. The first kappa shape index (κ1) is 19.0. The minimum Gasteiger partial charge on any atom is -0.287 e. The molecule has 2 aromatic carbocycles. The van der Waals surface area contributed by atoms with Crippen LogP contribution in [0.15, 0.2) is 60.1 Å². The van der Waals surface area contributed by atoms with Crippen LogP contribution in [0, 0.1) is 0 Å². The summed E-state index contributed by atoms with van der Waals surface area (Å²) in [7, 11) is 0. The molecule has 23 heavy (non-hydrogen) atoms. The molecule has 0 fully saturated rings. The zero-order valence-electron chi connectivity index (χ0n) is 14.6. The monoisotopic (exact) mass is 328 g/mol. The van der Waals surface area contributed by atoms with Gasteiger partial charge in [-0.15, -0.1) is 0 Å². The summed E-state index contributed by atoms with van der Waals surface area (Å²) < 4.78 is 3.25. The zero-order chi connectivity index (χ0) is 17.2. The highest BCUT2D eigenvalue weighted by atomic mass is 32.1. The molecule has 1 unspecified atom stereocenters. The summed E-state index contributed by atoms with van der Waals surface area (Å²) >= 11 is 1.67. The highest BCUT2D eigenvalue weighted by molar-refractivity contribution is 7.16. The molecule has 3 heteroatoms. The van der Waals surface area contributed by atoms with Crippen molar-refractivity contribution in [2.75, 3.05) is 0 Å². The van der Waals surface area contributed by atoms with Gasteiger partial charge in [-0.25, -0.2) is 0 Å². The predicted octanol–water partition coefficient (Wildman–Crippen LogP) is 5.69. The number of carbonyl (C=O) groups excluding carboxylic acids is 1. The van der Waals surface area contributed by atoms with Gasteiger partial charge < -0.3 is 0 Å². The lowest BCUT2D eigenvalue weighted by Gasteiger charge is -2.05. The second-order valence-corrected chi connectivity index (χ2v) is 5.39. The van der Waals surface area contributed by atoms with Crippen LogP contribution in [0.5, 0.6) is 0 Å². The summed E-state index contributed by atoms with van der Waals surface area (Å²) in [5.74, 6) is 0.147. The quantitative estimate of drug-likeness (QED) is 0.447. The molecule has 0 N–H and O–H groups in total. The Morgan fingerprint density at radius 2 is 1.48 bits per heavy atom. The number of fused-ring (bicyclic) bond motifs is 1. The number of nitrogens with zero attached hydrogens (tertiary/aromatic N) is 1. The fraction of sp³-hybridized carbons (Fsp3) is 0.300. The minimum atomic E-state index is -0.182. The summed E-state index contributed by atoms with van der Waals surface area (Å²) in [6.45, 7) is 9.95. The van der Waals surface area contributed by atoms with Crippen LogP contribution in [0.4, 0.5) is 0 Å². The summed E-state index contributed by atoms with van der Waals surface area (Å²) in [5.41, 5.74) is 3.90. The van der Waals surface area contributed by atoms with Crippen LogP contribution in [0.25, 0.3) is 10.2 Å². The third kappa shape index (κ3) is 4.49. The first-order valence-electron chi connectivity index (χ1n) is 8.24. The lowest BCUT2D eigenvalue weighted by atomic mass is 10.1. The Bertz CT molecular complexity index is 719. The summed E-state index contributed by atoms with van der Waals surface area (Å²) in [6.07, 6.45) is 0. The van der Waals surface area contributed by atoms with E-state index in [0.29, 0.717) is 0 Å². The van der Waals surface area contributed by atoms with Crippen molar-refractivity contribution in [2.24, 2.45) is 0 Å². The van der Waals surface area contributed by atoms with Gasteiger partial charge in [0.15, 0.2) is 0 Å². The van der Waals surface area contributed by atoms with Crippen molar-refractivity contribution < 1.29 is 9.36 Å². The average Bonchev–Trinajstić information content (AvgIpc) is 3.08. The Hall–Kier alpha value is -2.00. The Balaban J connectivity index is 0.000000615. The van der Waals surface area contributed by atoms with Crippen LogP contribution in [0.1, 0.15) is 51.0 Å². The van der Waals surface area contributed by atoms with E-state index >= 15 is 0 Å². The van der Waals surface area contributed by atoms with Gasteiger partial charge in [-0.2, -0.15) is 4.57 Å². The van der Waals surface area contributed by atoms with E-state index < -0.39 is 0 Å². The van der Waals surface area contributed by atoms with E-state index in [1.165, 1.54) is 4.70 Å². The van der Waals surface area contributed by atoms with Crippen molar-refractivity contribution >= 4 is 27.3 Å². The number of benzene rings is 2. The smallest absolute Gasteiger partial charge is 0.230 e. The van der Waals surface area contributed by atoms with Crippen molar-refractivity contribution in [2.45, 2.75) is 40.7 Å². The van der Waals surface area contributed by atoms with Crippen LogP contribution >= 0.6 is 11.3 Å². The lowest BCUT2D eigenvalue weighted by molar-refractivity contribution is -0.675. The van der Waals surface area contributed by atoms with Crippen LogP contribution in [-0.2, 0) is 0 Å². The number of hydrogen-bond acceptors (Lipinski definition) is 2. The normalized spacial score (nSPS) is 10.8. The molecular formula is C20H26NOS+. The van der Waals surface area contributed by atoms with E-state index in [4.69, 9.17) is 0 Å². The standard InChI is InChI=1S/C16H14NOS.2C2H6/c1-12(16(18)13-7-3-2-4-8-13)17-11-19-15-10-6-5-9-14(15)17;2*1-2/h2-12H,1H3;2*1-2H3/q+1;;. The van der Waals surface area contributed by atoms with Gasteiger partial charge in [-0.05, 0) is 6.07 Å². The molecule has 1 atom stereocenters. The second kappa shape index (κ2) is 9.90. The lowest BCUT2D eigenvalue weighted by Crippen LogP contribution is -2.40. The Labute approximate surface area is 143 Å². The van der Waals surface area contributed by atoms with E-state index in [1.807, 2.05) is 82.6 Å². The number of carbonyl (C=O) groups is 1. The van der Waals surface area contributed by atoms with E-state index in [2.05, 4.69) is 16.7 Å². The number of hydrogen-bond donors (Lipinski definition) is 0. The molecule has 0 radical (unpaired) electrons. The maximum absolute atomic E-state index is 12.5. The summed E-state index contributed by atoms with van der Waals surface area (Å²) in [5, 5.41) is 0. The summed E-state index contributed by atoms with van der Waals surface area (Å²) in [6, 6.07) is 17.4. The third-order valence-corrected chi connectivity index (χ3v) is 4.22. The number of rotatable bonds is 3. The second-order valence-electron chi connectivity index (χ2n) is 4.50. The van der Waals surface area contributed by atoms with Crippen molar-refractivity contribution in [1.82, 2.24) is 0 Å². The van der Waals surface area contributed by atoms with E-state index in [0.717, 1.165) is 11.1 Å². The molecule has 0 spiro atoms. The molecule has 3 rings (SSSR count). The molecule has 0 amide bonds. The Morgan fingerprint density at radius 3 is 2.13 bits per heavy atom. The molecule has 0 aliphatic heterocycles. The molecule has 2 nitrogen and oxygen atoms in total. The van der Waals surface area contributed by atoms with Crippen LogP contribution in [0.3, 0.4) is 0 Å². The molecule has 0 aliphatic rings. The number of thiazole rings is 1. The Kier molecular flexibility index (Phi) is 8.20. The number of para-hydroxylation sites is 1. The van der Waals surface area contributed by atoms with E-state index in [1.54, 1.807) is 11.3 Å². The van der Waals surface area contributed by atoms with Gasteiger partial charge >= 0.3 is 0 Å². The molecule has 0 bridgehead atoms. The predicted molar refractivity (Wildman–Crippen MR) is 100 cm³/mol. The highest BCUT2D eigenvalue weighted by Gasteiger charge is 2.26. The van der Waals surface area contributed by atoms with Crippen LogP contribution in [-0.4, -0.2) is 5.78 Å². The summed E-state index contributed by atoms with van der Waals surface area (Å²) in [4.78, 5) is 12.5. The third-order valence-electron chi connectivity index (χ3n) is 3.29. The average molecular weight is 329 g/mol. The van der Waals surface area contributed by atoms with Gasteiger partial charge in [0, 0.05) is 18.6 Å². The fourth-order valence-corrected chi connectivity index (χ4v) is 3.18. The van der Waals surface area contributed by atoms with Crippen LogP contribution in [0.2, 0.25) is 0 Å². The number of Topliss-reactive ketones (excluding diaryl/α,β-unsaturated/α-hetero) is 1. The maximum Gasteiger partial charge on any atom is 0.230 e. The molecule has 0 aliphatic carbocycles. The fourth-order valence-electron chi connectivity index (χ4n) is 2.21. The van der Waals surface area contributed by atoms with Crippen molar-refractivity contribution in [1.29, 1.82) is 0 Å². The topological polar surface area (TPSA) is 20.9 Å². The Morgan fingerprint density at radius 1 is 0.913 bits per heavy atom. The van der Waals surface area contributed by atoms with Crippen molar-refractivity contribution in [3.8, 4) is 0 Å². The molecular weight excluding hydrogens is 302 g/mol. The van der Waals surface area contributed by atoms with Gasteiger partial charge in [0.05, 0.1) is 0 Å². The van der Waals surface area contributed by atoms with Gasteiger partial charge in [0.2, 0.25) is 22.9 Å². The first-order valence-corrected chi connectivity index (χ1v) is 9.12. The van der Waals surface area contributed by atoms with Gasteiger partial charge in [0.1, 0.15) is 4.70 Å². The molecule has 1 aromatic heterocycles. The van der Waals surface area contributed by atoms with Gasteiger partial charge in [-0.3, -0.25) is 4.79 Å². The largest absolute Gasteiger partial charge is 0.287 e. The molecule has 3 aromatic rings. The molecule has 0 saturated carbocycles. The van der Waals surface area contributed by atoms with Crippen LogP contribution < -0.4 is 4.57 Å². The highest BCUT2D eigenvalue weighted by Crippen LogP contribution is 2.18.